The van der Waals surface area contributed by atoms with E-state index in [-0.39, 0.29) is 27.8 Å². The molecule has 2 heterocycles. The van der Waals surface area contributed by atoms with E-state index >= 15 is 0 Å². The summed E-state index contributed by atoms with van der Waals surface area (Å²) in [7, 11) is 0. The lowest BCUT2D eigenvalue weighted by Crippen LogP contribution is -2.48. The number of halogens is 2. The zero-order valence-electron chi connectivity index (χ0n) is 21.7. The van der Waals surface area contributed by atoms with Crippen LogP contribution in [0.4, 0.5) is 11.4 Å². The fourth-order valence-corrected chi connectivity index (χ4v) is 7.46. The Morgan fingerprint density at radius 2 is 1.50 bits per heavy atom. The predicted molar refractivity (Wildman–Crippen MR) is 160 cm³/mol. The predicted octanol–water partition coefficient (Wildman–Crippen LogP) is 7.22. The highest BCUT2D eigenvalue weighted by Gasteiger charge is 2.71. The van der Waals surface area contributed by atoms with Crippen LogP contribution in [0.1, 0.15) is 48.1 Å². The summed E-state index contributed by atoms with van der Waals surface area (Å²) >= 11 is 13.1. The van der Waals surface area contributed by atoms with Crippen LogP contribution in [0, 0.1) is 15.5 Å². The number of nitro benzene ring substituents is 1. The van der Waals surface area contributed by atoms with Crippen molar-refractivity contribution in [3.8, 4) is 0 Å². The van der Waals surface area contributed by atoms with Crippen LogP contribution in [0.15, 0.2) is 97.1 Å². The van der Waals surface area contributed by atoms with E-state index in [1.807, 2.05) is 41.3 Å². The molecule has 7 rings (SSSR count). The third kappa shape index (κ3) is 3.50. The number of carbonyl (C=O) groups is 3. The zero-order chi connectivity index (χ0) is 29.3. The lowest BCUT2D eigenvalue weighted by Gasteiger charge is -2.37. The van der Waals surface area contributed by atoms with E-state index in [1.54, 1.807) is 36.4 Å². The number of non-ortho nitro benzene ring substituents is 1. The summed E-state index contributed by atoms with van der Waals surface area (Å²) in [6.07, 6.45) is 3.70. The lowest BCUT2D eigenvalue weighted by molar-refractivity contribution is -0.384. The smallest absolute Gasteiger partial charge is 0.269 e. The number of hydrogen-bond donors (Lipinski definition) is 0. The molecule has 3 aliphatic rings. The third-order valence-electron chi connectivity index (χ3n) is 8.64. The molecule has 0 N–H and O–H groups in total. The average molecular weight is 595 g/mol. The third-order valence-corrected chi connectivity index (χ3v) is 9.20. The van der Waals surface area contributed by atoms with E-state index in [2.05, 4.69) is 0 Å². The Hall–Kier alpha value is -4.59. The molecule has 7 nitrogen and oxygen atoms in total. The molecule has 206 valence electrons. The van der Waals surface area contributed by atoms with Crippen LogP contribution in [-0.2, 0) is 0 Å². The molecule has 3 atom stereocenters. The van der Waals surface area contributed by atoms with Gasteiger partial charge in [0.25, 0.3) is 5.69 Å². The molecular formula is C33H20Cl2N2O5. The van der Waals surface area contributed by atoms with Crippen LogP contribution in [0.25, 0.3) is 6.08 Å². The van der Waals surface area contributed by atoms with Gasteiger partial charge in [0.1, 0.15) is 11.5 Å². The number of nitro groups is 1. The molecule has 9 heteroatoms. The quantitative estimate of drug-likeness (QED) is 0.107. The molecule has 0 radical (unpaired) electrons. The van der Waals surface area contributed by atoms with Crippen LogP contribution >= 0.6 is 23.2 Å². The van der Waals surface area contributed by atoms with Gasteiger partial charge in [-0.05, 0) is 41.5 Å². The molecule has 1 aliphatic carbocycles. The standard InChI is InChI=1S/C33H20Cl2N2O5/c34-20-12-15-24(25(35)17-20)28-29(30(38)19-9-13-21(14-10-19)37(41)42)36-26-8-4-1-5-18(26)11-16-27(36)33(28)31(39)22-6-2-3-7-23(22)32(33)40/h1-17,27-29H/t27-,28+,29-/m1/s1. The minimum absolute atomic E-state index is 0.160. The Balaban J connectivity index is 1.54. The number of fused-ring (bicyclic) bond motifs is 5. The second-order valence-electron chi connectivity index (χ2n) is 10.6. The average Bonchev–Trinajstić information content (AvgIpc) is 3.43. The summed E-state index contributed by atoms with van der Waals surface area (Å²) in [5, 5.41) is 11.9. The SMILES string of the molecule is O=C(c1ccc([N+](=O)[O-])cc1)[C@H]1[C@H](c2ccc(Cl)cc2Cl)C2(C(=O)c3ccccc3C2=O)[C@H]2C=Cc3ccccc3N12. The molecule has 1 saturated heterocycles. The number of carbonyl (C=O) groups excluding carboxylic acids is 3. The monoisotopic (exact) mass is 594 g/mol. The zero-order valence-corrected chi connectivity index (χ0v) is 23.3. The summed E-state index contributed by atoms with van der Waals surface area (Å²) in [5.74, 6) is -2.17. The normalized spacial score (nSPS) is 21.3. The van der Waals surface area contributed by atoms with Gasteiger partial charge in [-0.1, -0.05) is 83.9 Å². The maximum absolute atomic E-state index is 14.7. The number of Topliss-reactive ketones (excluding diaryl/α,β-unsaturated/α-hetero) is 3. The van der Waals surface area contributed by atoms with Crippen molar-refractivity contribution in [3.05, 3.63) is 145 Å². The van der Waals surface area contributed by atoms with Crippen molar-refractivity contribution in [3.63, 3.8) is 0 Å². The van der Waals surface area contributed by atoms with Gasteiger partial charge in [0, 0.05) is 50.5 Å². The maximum Gasteiger partial charge on any atom is 0.269 e. The van der Waals surface area contributed by atoms with E-state index < -0.39 is 34.1 Å². The molecule has 2 aliphatic heterocycles. The molecule has 4 aromatic rings. The summed E-state index contributed by atoms with van der Waals surface area (Å²) < 4.78 is 0. The Labute approximate surface area is 250 Å². The van der Waals surface area contributed by atoms with Gasteiger partial charge in [-0.25, -0.2) is 0 Å². The van der Waals surface area contributed by atoms with Crippen LogP contribution in [-0.4, -0.2) is 34.4 Å². The van der Waals surface area contributed by atoms with Crippen molar-refractivity contribution in [1.29, 1.82) is 0 Å². The highest BCUT2D eigenvalue weighted by atomic mass is 35.5. The summed E-state index contributed by atoms with van der Waals surface area (Å²) in [6.45, 7) is 0. The number of para-hydroxylation sites is 1. The van der Waals surface area contributed by atoms with Crippen LogP contribution in [0.5, 0.6) is 0 Å². The van der Waals surface area contributed by atoms with Crippen molar-refractivity contribution in [2.75, 3.05) is 4.90 Å². The summed E-state index contributed by atoms with van der Waals surface area (Å²) in [6, 6.07) is 22.5. The first-order valence-corrected chi connectivity index (χ1v) is 14.0. The van der Waals surface area contributed by atoms with Gasteiger partial charge in [0.2, 0.25) is 0 Å². The minimum Gasteiger partial charge on any atom is -0.352 e. The van der Waals surface area contributed by atoms with Crippen molar-refractivity contribution in [1.82, 2.24) is 0 Å². The first-order chi connectivity index (χ1) is 20.2. The number of hydrogen-bond acceptors (Lipinski definition) is 6. The Morgan fingerprint density at radius 3 is 2.14 bits per heavy atom. The van der Waals surface area contributed by atoms with Crippen molar-refractivity contribution >= 4 is 58.0 Å². The van der Waals surface area contributed by atoms with Gasteiger partial charge in [0.05, 0.1) is 11.0 Å². The topological polar surface area (TPSA) is 97.6 Å². The fourth-order valence-electron chi connectivity index (χ4n) is 6.93. The molecule has 0 bridgehead atoms. The van der Waals surface area contributed by atoms with Gasteiger partial charge in [0.15, 0.2) is 17.3 Å². The Kier molecular flexibility index (Phi) is 5.94. The number of nitrogens with zero attached hydrogens (tertiary/aromatic N) is 2. The Morgan fingerprint density at radius 1 is 0.857 bits per heavy atom. The summed E-state index contributed by atoms with van der Waals surface area (Å²) in [5.41, 5.74) is 0.883. The largest absolute Gasteiger partial charge is 0.352 e. The van der Waals surface area contributed by atoms with Gasteiger partial charge >= 0.3 is 0 Å². The highest BCUT2D eigenvalue weighted by Crippen LogP contribution is 2.61. The van der Waals surface area contributed by atoms with E-state index in [9.17, 15) is 24.5 Å². The second-order valence-corrected chi connectivity index (χ2v) is 11.4. The molecule has 0 saturated carbocycles. The minimum atomic E-state index is -1.72. The van der Waals surface area contributed by atoms with Gasteiger partial charge in [-0.3, -0.25) is 24.5 Å². The number of benzene rings is 4. The number of anilines is 1. The van der Waals surface area contributed by atoms with E-state index in [0.717, 1.165) is 5.56 Å². The highest BCUT2D eigenvalue weighted by molar-refractivity contribution is 6.36. The molecule has 0 unspecified atom stereocenters. The summed E-state index contributed by atoms with van der Waals surface area (Å²) in [4.78, 5) is 56.6. The van der Waals surface area contributed by atoms with E-state index in [1.165, 1.54) is 30.3 Å². The molecular weight excluding hydrogens is 575 g/mol. The van der Waals surface area contributed by atoms with Crippen LogP contribution in [0.2, 0.25) is 10.0 Å². The van der Waals surface area contributed by atoms with E-state index in [0.29, 0.717) is 27.4 Å². The second kappa shape index (κ2) is 9.48. The van der Waals surface area contributed by atoms with Crippen LogP contribution in [0.3, 0.4) is 0 Å². The van der Waals surface area contributed by atoms with Gasteiger partial charge in [-0.15, -0.1) is 0 Å². The molecule has 1 spiro atoms. The maximum atomic E-state index is 14.7. The number of ketones is 3. The first kappa shape index (κ1) is 26.3. The Bertz CT molecular complexity index is 1850. The van der Waals surface area contributed by atoms with Gasteiger partial charge < -0.3 is 4.90 Å². The molecule has 42 heavy (non-hydrogen) atoms. The molecule has 1 fully saturated rings. The molecule has 0 amide bonds. The van der Waals surface area contributed by atoms with Crippen molar-refractivity contribution in [2.24, 2.45) is 5.41 Å². The first-order valence-electron chi connectivity index (χ1n) is 13.2. The van der Waals surface area contributed by atoms with Crippen molar-refractivity contribution in [2.45, 2.75) is 18.0 Å². The van der Waals surface area contributed by atoms with Crippen LogP contribution < -0.4 is 4.90 Å². The molecule has 4 aromatic carbocycles. The number of rotatable bonds is 4. The van der Waals surface area contributed by atoms with E-state index in [4.69, 9.17) is 23.2 Å². The van der Waals surface area contributed by atoms with Gasteiger partial charge in [-0.2, -0.15) is 0 Å². The van der Waals surface area contributed by atoms with Crippen molar-refractivity contribution < 1.29 is 19.3 Å². The molecule has 0 aromatic heterocycles. The fraction of sp³-hybridized carbons (Fsp3) is 0.121. The lowest BCUT2D eigenvalue weighted by atomic mass is 9.64.